The maximum atomic E-state index is 11.7. The normalized spacial score (nSPS) is 22.4. The topological polar surface area (TPSA) is 44.8 Å². The lowest BCUT2D eigenvalue weighted by Crippen LogP contribution is -2.50. The van der Waals surface area contributed by atoms with Crippen molar-refractivity contribution in [2.45, 2.75) is 38.8 Å². The highest BCUT2D eigenvalue weighted by atomic mass is 35.5. The van der Waals surface area contributed by atoms with Crippen molar-refractivity contribution in [1.29, 1.82) is 0 Å². The number of hydrogen-bond donors (Lipinski definition) is 1. The maximum Gasteiger partial charge on any atom is 0.308 e. The molecule has 7 heteroatoms. The van der Waals surface area contributed by atoms with Gasteiger partial charge in [0, 0.05) is 31.7 Å². The van der Waals surface area contributed by atoms with Gasteiger partial charge >= 0.3 is 5.97 Å². The van der Waals surface area contributed by atoms with Crippen molar-refractivity contribution in [3.8, 4) is 0 Å². The summed E-state index contributed by atoms with van der Waals surface area (Å²) in [5.74, 6) is -0.154. The van der Waals surface area contributed by atoms with Crippen molar-refractivity contribution >= 4 is 35.7 Å². The van der Waals surface area contributed by atoms with Gasteiger partial charge in [0.2, 0.25) is 0 Å². The van der Waals surface area contributed by atoms with Gasteiger partial charge in [-0.3, -0.25) is 4.79 Å². The first-order valence-electron chi connectivity index (χ1n) is 6.90. The van der Waals surface area contributed by atoms with E-state index in [-0.39, 0.29) is 23.9 Å². The average Bonchev–Trinajstić information content (AvgIpc) is 2.68. The van der Waals surface area contributed by atoms with Gasteiger partial charge in [0.25, 0.3) is 0 Å². The first kappa shape index (κ1) is 17.5. The summed E-state index contributed by atoms with van der Waals surface area (Å²) in [6.45, 7) is 10.2. The Morgan fingerprint density at radius 1 is 1.55 bits per heavy atom. The molecule has 20 heavy (non-hydrogen) atoms. The van der Waals surface area contributed by atoms with E-state index in [9.17, 15) is 4.79 Å². The summed E-state index contributed by atoms with van der Waals surface area (Å²) in [7, 11) is 0. The second kappa shape index (κ2) is 6.91. The zero-order valence-electron chi connectivity index (χ0n) is 12.3. The molecule has 116 valence electrons. The smallest absolute Gasteiger partial charge is 0.308 e. The maximum absolute atomic E-state index is 11.7. The molecule has 2 aliphatic rings. The number of fused-ring (bicyclic) bond motifs is 1. The third kappa shape index (κ3) is 3.54. The van der Waals surface area contributed by atoms with Crippen LogP contribution in [0.3, 0.4) is 0 Å². The van der Waals surface area contributed by atoms with Gasteiger partial charge in [0.1, 0.15) is 0 Å². The van der Waals surface area contributed by atoms with Gasteiger partial charge in [-0.2, -0.15) is 0 Å². The Morgan fingerprint density at radius 3 is 2.85 bits per heavy atom. The van der Waals surface area contributed by atoms with Crippen LogP contribution in [0.2, 0.25) is 0 Å². The SMILES string of the molecule is CCOC(=O)CC(C)(C)N1CC2CNCCN2C1=S.Cl. The highest BCUT2D eigenvalue weighted by Crippen LogP contribution is 2.28. The molecule has 0 aromatic heterocycles. The summed E-state index contributed by atoms with van der Waals surface area (Å²) in [6.07, 6.45) is 0.370. The van der Waals surface area contributed by atoms with Crippen molar-refractivity contribution < 1.29 is 9.53 Å². The predicted octanol–water partition coefficient (Wildman–Crippen LogP) is 1.01. The van der Waals surface area contributed by atoms with Crippen LogP contribution >= 0.6 is 24.6 Å². The molecule has 2 aliphatic heterocycles. The molecule has 2 heterocycles. The number of carbonyl (C=O) groups excluding carboxylic acids is 1. The quantitative estimate of drug-likeness (QED) is 0.616. The third-order valence-electron chi connectivity index (χ3n) is 3.83. The zero-order valence-corrected chi connectivity index (χ0v) is 14.0. The zero-order chi connectivity index (χ0) is 14.0. The predicted molar refractivity (Wildman–Crippen MR) is 85.2 cm³/mol. The number of ether oxygens (including phenoxy) is 1. The van der Waals surface area contributed by atoms with Gasteiger partial charge in [-0.15, -0.1) is 12.4 Å². The summed E-state index contributed by atoms with van der Waals surface area (Å²) < 4.78 is 5.06. The molecule has 1 unspecified atom stereocenters. The highest BCUT2D eigenvalue weighted by molar-refractivity contribution is 7.80. The van der Waals surface area contributed by atoms with Crippen LogP contribution < -0.4 is 5.32 Å². The largest absolute Gasteiger partial charge is 0.466 e. The molecule has 5 nitrogen and oxygen atoms in total. The molecule has 0 amide bonds. The van der Waals surface area contributed by atoms with Gasteiger partial charge in [-0.1, -0.05) is 0 Å². The van der Waals surface area contributed by atoms with Crippen LogP contribution in [0.5, 0.6) is 0 Å². The van der Waals surface area contributed by atoms with Crippen LogP contribution in [-0.2, 0) is 9.53 Å². The van der Waals surface area contributed by atoms with Crippen molar-refractivity contribution in [3.05, 3.63) is 0 Å². The summed E-state index contributed by atoms with van der Waals surface area (Å²) in [5.41, 5.74) is -0.291. The number of piperazine rings is 1. The fourth-order valence-corrected chi connectivity index (χ4v) is 3.35. The van der Waals surface area contributed by atoms with E-state index in [1.807, 2.05) is 6.92 Å². The minimum atomic E-state index is -0.291. The minimum Gasteiger partial charge on any atom is -0.466 e. The van der Waals surface area contributed by atoms with Crippen LogP contribution in [0.25, 0.3) is 0 Å². The van der Waals surface area contributed by atoms with Crippen molar-refractivity contribution in [1.82, 2.24) is 15.1 Å². The van der Waals surface area contributed by atoms with E-state index in [4.69, 9.17) is 17.0 Å². The van der Waals surface area contributed by atoms with E-state index >= 15 is 0 Å². The monoisotopic (exact) mass is 321 g/mol. The molecule has 0 aliphatic carbocycles. The number of hydrogen-bond acceptors (Lipinski definition) is 4. The lowest BCUT2D eigenvalue weighted by atomic mass is 9.98. The molecule has 0 aromatic carbocycles. The van der Waals surface area contributed by atoms with Crippen LogP contribution in [0.15, 0.2) is 0 Å². The number of rotatable bonds is 4. The van der Waals surface area contributed by atoms with E-state index in [0.717, 1.165) is 31.3 Å². The molecule has 1 N–H and O–H groups in total. The Balaban J connectivity index is 0.00000200. The Bertz CT molecular complexity index is 379. The van der Waals surface area contributed by atoms with Gasteiger partial charge in [-0.05, 0) is 33.0 Å². The van der Waals surface area contributed by atoms with E-state index in [0.29, 0.717) is 19.1 Å². The summed E-state index contributed by atoms with van der Waals surface area (Å²) in [6, 6.07) is 0.433. The molecular formula is C13H24ClN3O2S. The lowest BCUT2D eigenvalue weighted by Gasteiger charge is -2.36. The molecule has 0 saturated carbocycles. The Morgan fingerprint density at radius 2 is 2.25 bits per heavy atom. The Labute approximate surface area is 132 Å². The second-order valence-corrected chi connectivity index (χ2v) is 6.10. The number of nitrogens with zero attached hydrogens (tertiary/aromatic N) is 2. The summed E-state index contributed by atoms with van der Waals surface area (Å²) >= 11 is 5.58. The van der Waals surface area contributed by atoms with Gasteiger partial charge in [-0.25, -0.2) is 0 Å². The molecule has 2 saturated heterocycles. The average molecular weight is 322 g/mol. The number of carbonyl (C=O) groups is 1. The van der Waals surface area contributed by atoms with Gasteiger partial charge < -0.3 is 19.9 Å². The Kier molecular flexibility index (Phi) is 6.04. The van der Waals surface area contributed by atoms with E-state index in [1.54, 1.807) is 0 Å². The molecule has 0 bridgehead atoms. The van der Waals surface area contributed by atoms with Crippen molar-refractivity contribution in [2.24, 2.45) is 0 Å². The molecule has 2 rings (SSSR count). The minimum absolute atomic E-state index is 0. The standard InChI is InChI=1S/C13H23N3O2S.ClH/c1-4-18-11(17)7-13(2,3)16-9-10-8-14-5-6-15(10)12(16)19;/h10,14H,4-9H2,1-3H3;1H. The first-order chi connectivity index (χ1) is 8.95. The molecule has 1 atom stereocenters. The highest BCUT2D eigenvalue weighted by Gasteiger charge is 2.42. The van der Waals surface area contributed by atoms with Crippen LogP contribution in [0, 0.1) is 0 Å². The fraction of sp³-hybridized carbons (Fsp3) is 0.846. The number of thiocarbonyl (C=S) groups is 1. The molecular weight excluding hydrogens is 298 g/mol. The molecule has 2 fully saturated rings. The van der Waals surface area contributed by atoms with Crippen LogP contribution in [-0.4, -0.2) is 65.2 Å². The van der Waals surface area contributed by atoms with Gasteiger partial charge in [0.05, 0.1) is 19.1 Å². The number of nitrogens with one attached hydrogen (secondary N) is 1. The summed E-state index contributed by atoms with van der Waals surface area (Å²) in [5, 5.41) is 4.27. The van der Waals surface area contributed by atoms with Crippen molar-refractivity contribution in [3.63, 3.8) is 0 Å². The molecule has 0 aromatic rings. The van der Waals surface area contributed by atoms with Gasteiger partial charge in [0.15, 0.2) is 5.11 Å². The number of halogens is 1. The van der Waals surface area contributed by atoms with E-state index in [2.05, 4.69) is 29.0 Å². The second-order valence-electron chi connectivity index (χ2n) is 5.74. The molecule has 0 radical (unpaired) electrons. The Hall–Kier alpha value is -0.590. The fourth-order valence-electron chi connectivity index (χ4n) is 2.79. The first-order valence-corrected chi connectivity index (χ1v) is 7.31. The summed E-state index contributed by atoms with van der Waals surface area (Å²) in [4.78, 5) is 16.2. The lowest BCUT2D eigenvalue weighted by molar-refractivity contribution is -0.145. The van der Waals surface area contributed by atoms with E-state index < -0.39 is 0 Å². The molecule has 0 spiro atoms. The van der Waals surface area contributed by atoms with E-state index in [1.165, 1.54) is 0 Å². The number of esters is 1. The third-order valence-corrected chi connectivity index (χ3v) is 4.29. The van der Waals surface area contributed by atoms with Crippen LogP contribution in [0.1, 0.15) is 27.2 Å². The van der Waals surface area contributed by atoms with Crippen LogP contribution in [0.4, 0.5) is 0 Å². The van der Waals surface area contributed by atoms with Crippen molar-refractivity contribution in [2.75, 3.05) is 32.8 Å².